The molecule has 1 saturated heterocycles. The SMILES string of the molecule is CC1CCCCN1CCS(=O)(=O)c1ccc(C(=N)N)cc1. The molecular formula is C15H23N3O2S. The van der Waals surface area contributed by atoms with Crippen molar-refractivity contribution < 1.29 is 8.42 Å². The van der Waals surface area contributed by atoms with Gasteiger partial charge in [-0.25, -0.2) is 8.42 Å². The minimum Gasteiger partial charge on any atom is -0.384 e. The van der Waals surface area contributed by atoms with Gasteiger partial charge < -0.3 is 5.73 Å². The lowest BCUT2D eigenvalue weighted by molar-refractivity contribution is 0.170. The van der Waals surface area contributed by atoms with Crippen molar-refractivity contribution in [2.45, 2.75) is 37.1 Å². The number of rotatable bonds is 5. The average molecular weight is 309 g/mol. The molecule has 6 heteroatoms. The summed E-state index contributed by atoms with van der Waals surface area (Å²) in [5.74, 6) is 0.0811. The topological polar surface area (TPSA) is 87.2 Å². The summed E-state index contributed by atoms with van der Waals surface area (Å²) in [6.07, 6.45) is 3.53. The molecule has 1 aliphatic rings. The lowest BCUT2D eigenvalue weighted by atomic mass is 10.0. The molecule has 0 aromatic heterocycles. The molecular weight excluding hydrogens is 286 g/mol. The highest BCUT2D eigenvalue weighted by molar-refractivity contribution is 7.91. The summed E-state index contributed by atoms with van der Waals surface area (Å²) in [5, 5.41) is 7.32. The van der Waals surface area contributed by atoms with Crippen LogP contribution in [0.3, 0.4) is 0 Å². The van der Waals surface area contributed by atoms with Gasteiger partial charge in [-0.3, -0.25) is 10.3 Å². The zero-order valence-corrected chi connectivity index (χ0v) is 13.2. The second-order valence-corrected chi connectivity index (χ2v) is 7.75. The van der Waals surface area contributed by atoms with Crippen LogP contribution < -0.4 is 5.73 Å². The number of hydrogen-bond acceptors (Lipinski definition) is 4. The molecule has 0 aliphatic carbocycles. The van der Waals surface area contributed by atoms with Crippen molar-refractivity contribution in [1.29, 1.82) is 5.41 Å². The Balaban J connectivity index is 2.02. The minimum atomic E-state index is -3.28. The normalized spacial score (nSPS) is 20.3. The summed E-state index contributed by atoms with van der Waals surface area (Å²) < 4.78 is 24.7. The van der Waals surface area contributed by atoms with E-state index in [4.69, 9.17) is 11.1 Å². The number of sulfone groups is 1. The maximum Gasteiger partial charge on any atom is 0.179 e. The van der Waals surface area contributed by atoms with E-state index in [-0.39, 0.29) is 11.6 Å². The van der Waals surface area contributed by atoms with E-state index < -0.39 is 9.84 Å². The summed E-state index contributed by atoms with van der Waals surface area (Å²) in [5.41, 5.74) is 5.91. The maximum absolute atomic E-state index is 12.4. The second-order valence-electron chi connectivity index (χ2n) is 5.64. The predicted octanol–water partition coefficient (Wildman–Crippen LogP) is 1.62. The van der Waals surface area contributed by atoms with E-state index in [0.29, 0.717) is 23.0 Å². The Morgan fingerprint density at radius 3 is 2.57 bits per heavy atom. The Morgan fingerprint density at radius 1 is 1.33 bits per heavy atom. The van der Waals surface area contributed by atoms with Gasteiger partial charge in [-0.2, -0.15) is 0 Å². The van der Waals surface area contributed by atoms with Gasteiger partial charge in [0.15, 0.2) is 9.84 Å². The lowest BCUT2D eigenvalue weighted by Gasteiger charge is -2.33. The number of benzene rings is 1. The Kier molecular flexibility index (Phi) is 5.00. The van der Waals surface area contributed by atoms with Crippen LogP contribution in [0, 0.1) is 5.41 Å². The van der Waals surface area contributed by atoms with Crippen molar-refractivity contribution in [2.75, 3.05) is 18.8 Å². The highest BCUT2D eigenvalue weighted by Gasteiger charge is 2.21. The number of nitrogens with zero attached hydrogens (tertiary/aromatic N) is 1. The first kappa shape index (κ1) is 16.0. The fourth-order valence-corrected chi connectivity index (χ4v) is 3.95. The van der Waals surface area contributed by atoms with Crippen LogP contribution in [-0.2, 0) is 9.84 Å². The number of nitrogens with two attached hydrogens (primary N) is 1. The number of piperidine rings is 1. The third-order valence-corrected chi connectivity index (χ3v) is 5.82. The Hall–Kier alpha value is -1.40. The smallest absolute Gasteiger partial charge is 0.179 e. The zero-order chi connectivity index (χ0) is 15.5. The number of hydrogen-bond donors (Lipinski definition) is 2. The van der Waals surface area contributed by atoms with Crippen molar-refractivity contribution in [3.05, 3.63) is 29.8 Å². The molecule has 5 nitrogen and oxygen atoms in total. The number of amidine groups is 1. The molecule has 0 bridgehead atoms. The summed E-state index contributed by atoms with van der Waals surface area (Å²) in [4.78, 5) is 2.56. The molecule has 1 fully saturated rings. The summed E-state index contributed by atoms with van der Waals surface area (Å²) in [6.45, 7) is 3.73. The van der Waals surface area contributed by atoms with Crippen LogP contribution in [0.2, 0.25) is 0 Å². The van der Waals surface area contributed by atoms with Gasteiger partial charge in [0.25, 0.3) is 0 Å². The second kappa shape index (κ2) is 6.58. The molecule has 1 aromatic rings. The molecule has 0 saturated carbocycles. The predicted molar refractivity (Wildman–Crippen MR) is 84.4 cm³/mol. The Labute approximate surface area is 126 Å². The first-order chi connectivity index (χ1) is 9.90. The van der Waals surface area contributed by atoms with Crippen LogP contribution in [0.25, 0.3) is 0 Å². The Bertz CT molecular complexity index is 596. The summed E-state index contributed by atoms with van der Waals surface area (Å²) in [7, 11) is -3.28. The molecule has 1 aliphatic heterocycles. The van der Waals surface area contributed by atoms with Crippen LogP contribution >= 0.6 is 0 Å². The molecule has 2 rings (SSSR count). The van der Waals surface area contributed by atoms with Crippen molar-refractivity contribution in [3.63, 3.8) is 0 Å². The van der Waals surface area contributed by atoms with Crippen molar-refractivity contribution in [2.24, 2.45) is 5.73 Å². The van der Waals surface area contributed by atoms with E-state index in [9.17, 15) is 8.42 Å². The lowest BCUT2D eigenvalue weighted by Crippen LogP contribution is -2.40. The molecule has 1 atom stereocenters. The van der Waals surface area contributed by atoms with Crippen LogP contribution in [0.5, 0.6) is 0 Å². The highest BCUT2D eigenvalue weighted by Crippen LogP contribution is 2.18. The Morgan fingerprint density at radius 2 is 2.00 bits per heavy atom. The van der Waals surface area contributed by atoms with Gasteiger partial charge in [-0.1, -0.05) is 18.6 Å². The van der Waals surface area contributed by atoms with Crippen molar-refractivity contribution in [3.8, 4) is 0 Å². The van der Waals surface area contributed by atoms with E-state index in [1.165, 1.54) is 18.6 Å². The standard InChI is InChI=1S/C15H23N3O2S/c1-12-4-2-3-9-18(12)10-11-21(19,20)14-7-5-13(6-8-14)15(16)17/h5-8,12H,2-4,9-11H2,1H3,(H3,16,17). The fourth-order valence-electron chi connectivity index (χ4n) is 2.69. The van der Waals surface area contributed by atoms with Gasteiger partial charge >= 0.3 is 0 Å². The van der Waals surface area contributed by atoms with E-state index in [1.807, 2.05) is 0 Å². The number of likely N-dealkylation sites (tertiary alicyclic amines) is 1. The average Bonchev–Trinajstić information content (AvgIpc) is 2.46. The number of nitrogen functional groups attached to an aromatic ring is 1. The molecule has 1 heterocycles. The van der Waals surface area contributed by atoms with E-state index in [1.54, 1.807) is 12.1 Å². The van der Waals surface area contributed by atoms with Crippen LogP contribution in [-0.4, -0.2) is 44.0 Å². The van der Waals surface area contributed by atoms with Gasteiger partial charge in [0.1, 0.15) is 5.84 Å². The third-order valence-electron chi connectivity index (χ3n) is 4.11. The molecule has 21 heavy (non-hydrogen) atoms. The van der Waals surface area contributed by atoms with Gasteiger partial charge in [-0.15, -0.1) is 0 Å². The quantitative estimate of drug-likeness (QED) is 0.639. The molecule has 3 N–H and O–H groups in total. The number of nitrogens with one attached hydrogen (secondary N) is 1. The van der Waals surface area contributed by atoms with E-state index in [2.05, 4.69) is 11.8 Å². The summed E-state index contributed by atoms with van der Waals surface area (Å²) in [6, 6.07) is 6.70. The first-order valence-corrected chi connectivity index (χ1v) is 8.96. The van der Waals surface area contributed by atoms with Crippen molar-refractivity contribution >= 4 is 15.7 Å². The van der Waals surface area contributed by atoms with Gasteiger partial charge in [0, 0.05) is 18.2 Å². The molecule has 0 spiro atoms. The summed E-state index contributed by atoms with van der Waals surface area (Å²) >= 11 is 0. The molecule has 0 amide bonds. The largest absolute Gasteiger partial charge is 0.384 e. The molecule has 0 radical (unpaired) electrons. The first-order valence-electron chi connectivity index (χ1n) is 7.31. The van der Waals surface area contributed by atoms with Crippen molar-refractivity contribution in [1.82, 2.24) is 4.90 Å². The third kappa shape index (κ3) is 4.04. The van der Waals surface area contributed by atoms with Crippen LogP contribution in [0.4, 0.5) is 0 Å². The van der Waals surface area contributed by atoms with Gasteiger partial charge in [0.2, 0.25) is 0 Å². The maximum atomic E-state index is 12.4. The minimum absolute atomic E-state index is 0.0545. The van der Waals surface area contributed by atoms with Gasteiger partial charge in [-0.05, 0) is 38.4 Å². The molecule has 1 aromatic carbocycles. The zero-order valence-electron chi connectivity index (χ0n) is 12.4. The van der Waals surface area contributed by atoms with Crippen LogP contribution in [0.1, 0.15) is 31.7 Å². The fraction of sp³-hybridized carbons (Fsp3) is 0.533. The molecule has 1 unspecified atom stereocenters. The van der Waals surface area contributed by atoms with Crippen LogP contribution in [0.15, 0.2) is 29.2 Å². The van der Waals surface area contributed by atoms with E-state index >= 15 is 0 Å². The van der Waals surface area contributed by atoms with E-state index in [0.717, 1.165) is 19.4 Å². The van der Waals surface area contributed by atoms with Gasteiger partial charge in [0.05, 0.1) is 10.6 Å². The monoisotopic (exact) mass is 309 g/mol. The highest BCUT2D eigenvalue weighted by atomic mass is 32.2. The molecule has 116 valence electrons.